The molecular formula is C24H20BrNO4. The number of halogens is 1. The number of pyridine rings is 1. The fourth-order valence-corrected chi connectivity index (χ4v) is 3.43. The van der Waals surface area contributed by atoms with Crippen molar-refractivity contribution in [2.75, 3.05) is 6.61 Å². The van der Waals surface area contributed by atoms with Crippen LogP contribution in [0, 0.1) is 18.8 Å². The third-order valence-electron chi connectivity index (χ3n) is 4.51. The molecule has 0 atom stereocenters. The van der Waals surface area contributed by atoms with Crippen LogP contribution in [0.25, 0.3) is 10.9 Å². The van der Waals surface area contributed by atoms with Crippen molar-refractivity contribution in [3.8, 4) is 17.6 Å². The number of Topliss-reactive ketones (excluding diaryl/α,β-unsaturated/α-hetero) is 1. The molecule has 0 radical (unpaired) electrons. The first-order valence-electron chi connectivity index (χ1n) is 9.49. The van der Waals surface area contributed by atoms with Gasteiger partial charge in [0.05, 0.1) is 23.0 Å². The normalized spacial score (nSPS) is 10.4. The molecule has 0 fully saturated rings. The van der Waals surface area contributed by atoms with Crippen LogP contribution in [0.1, 0.15) is 46.9 Å². The zero-order valence-corrected chi connectivity index (χ0v) is 18.2. The van der Waals surface area contributed by atoms with Crippen molar-refractivity contribution in [1.82, 2.24) is 4.98 Å². The molecule has 2 aromatic carbocycles. The van der Waals surface area contributed by atoms with Crippen molar-refractivity contribution in [1.29, 1.82) is 0 Å². The molecule has 30 heavy (non-hydrogen) atoms. The van der Waals surface area contributed by atoms with Gasteiger partial charge in [-0.25, -0.2) is 4.98 Å². The Morgan fingerprint density at radius 1 is 1.13 bits per heavy atom. The van der Waals surface area contributed by atoms with Gasteiger partial charge in [0.1, 0.15) is 5.69 Å². The van der Waals surface area contributed by atoms with Gasteiger partial charge in [-0.15, -0.1) is 0 Å². The maximum atomic E-state index is 12.5. The number of hydrogen-bond donors (Lipinski definition) is 1. The number of ketones is 1. The molecule has 0 aliphatic rings. The number of rotatable bonds is 5. The first-order valence-corrected chi connectivity index (χ1v) is 10.3. The van der Waals surface area contributed by atoms with Crippen LogP contribution in [0.5, 0.6) is 5.75 Å². The van der Waals surface area contributed by atoms with Gasteiger partial charge in [-0.3, -0.25) is 9.59 Å². The van der Waals surface area contributed by atoms with Gasteiger partial charge in [0, 0.05) is 22.9 Å². The van der Waals surface area contributed by atoms with E-state index in [9.17, 15) is 14.7 Å². The lowest BCUT2D eigenvalue weighted by Crippen LogP contribution is -2.09. The molecule has 0 unspecified atom stereocenters. The Labute approximate surface area is 183 Å². The van der Waals surface area contributed by atoms with Crippen LogP contribution in [0.4, 0.5) is 0 Å². The third kappa shape index (κ3) is 4.87. The summed E-state index contributed by atoms with van der Waals surface area (Å²) in [7, 11) is 0. The van der Waals surface area contributed by atoms with Gasteiger partial charge in [-0.05, 0) is 53.5 Å². The topological polar surface area (TPSA) is 76.5 Å². The lowest BCUT2D eigenvalue weighted by Gasteiger charge is -2.09. The van der Waals surface area contributed by atoms with Gasteiger partial charge in [-0.2, -0.15) is 0 Å². The first-order chi connectivity index (χ1) is 14.4. The zero-order chi connectivity index (χ0) is 21.7. The zero-order valence-electron chi connectivity index (χ0n) is 16.7. The maximum Gasteiger partial charge on any atom is 0.306 e. The summed E-state index contributed by atoms with van der Waals surface area (Å²) in [6, 6.07) is 13.3. The molecule has 0 saturated heterocycles. The van der Waals surface area contributed by atoms with E-state index in [2.05, 4.69) is 32.8 Å². The summed E-state index contributed by atoms with van der Waals surface area (Å²) in [5.74, 6) is 5.13. The van der Waals surface area contributed by atoms with Crippen LogP contribution in [0.15, 0.2) is 46.9 Å². The number of benzene rings is 2. The highest BCUT2D eigenvalue weighted by molar-refractivity contribution is 9.10. The van der Waals surface area contributed by atoms with Crippen LogP contribution in [0.2, 0.25) is 0 Å². The Kier molecular flexibility index (Phi) is 6.86. The van der Waals surface area contributed by atoms with Crippen LogP contribution >= 0.6 is 15.9 Å². The predicted molar refractivity (Wildman–Crippen MR) is 118 cm³/mol. The fraction of sp³-hybridized carbons (Fsp3) is 0.208. The summed E-state index contributed by atoms with van der Waals surface area (Å²) in [5.41, 5.74) is 3.21. The number of ether oxygens (including phenoxy) is 1. The van der Waals surface area contributed by atoms with Crippen molar-refractivity contribution < 1.29 is 19.4 Å². The average molecular weight is 466 g/mol. The molecule has 0 bridgehead atoms. The highest BCUT2D eigenvalue weighted by Gasteiger charge is 2.20. The van der Waals surface area contributed by atoms with E-state index in [0.717, 1.165) is 16.7 Å². The van der Waals surface area contributed by atoms with E-state index in [4.69, 9.17) is 4.74 Å². The molecule has 3 rings (SSSR count). The maximum absolute atomic E-state index is 12.5. The Bertz CT molecular complexity index is 1190. The minimum absolute atomic E-state index is 0.0641. The van der Waals surface area contributed by atoms with Gasteiger partial charge in [0.25, 0.3) is 0 Å². The molecule has 0 amide bonds. The van der Waals surface area contributed by atoms with Crippen molar-refractivity contribution >= 4 is 38.6 Å². The monoisotopic (exact) mass is 465 g/mol. The molecule has 0 spiro atoms. The van der Waals surface area contributed by atoms with Gasteiger partial charge in [-0.1, -0.05) is 36.1 Å². The average Bonchev–Trinajstić information content (AvgIpc) is 2.74. The molecule has 1 heterocycles. The van der Waals surface area contributed by atoms with Gasteiger partial charge < -0.3 is 9.84 Å². The quantitative estimate of drug-likeness (QED) is 0.328. The number of aromatic nitrogens is 1. The molecule has 0 saturated carbocycles. The summed E-state index contributed by atoms with van der Waals surface area (Å²) < 4.78 is 5.22. The molecule has 5 nitrogen and oxygen atoms in total. The van der Waals surface area contributed by atoms with Crippen LogP contribution in [-0.4, -0.2) is 28.4 Å². The van der Waals surface area contributed by atoms with Gasteiger partial charge >= 0.3 is 5.97 Å². The number of esters is 1. The number of carbonyl (C=O) groups excluding carboxylic acids is 2. The van der Waals surface area contributed by atoms with E-state index in [-0.39, 0.29) is 30.9 Å². The lowest BCUT2D eigenvalue weighted by molar-refractivity contribution is -0.143. The molecular weight excluding hydrogens is 446 g/mol. The minimum atomic E-state index is -0.459. The first kappa shape index (κ1) is 21.5. The number of hydrogen-bond acceptors (Lipinski definition) is 5. The Morgan fingerprint density at radius 2 is 1.90 bits per heavy atom. The van der Waals surface area contributed by atoms with Crippen LogP contribution in [0.3, 0.4) is 0 Å². The number of aromatic hydroxyl groups is 1. The van der Waals surface area contributed by atoms with Crippen molar-refractivity contribution in [3.05, 3.63) is 69.3 Å². The Morgan fingerprint density at radius 3 is 2.63 bits per heavy atom. The summed E-state index contributed by atoms with van der Waals surface area (Å²) in [6.07, 6.45) is -0.157. The van der Waals surface area contributed by atoms with E-state index in [0.29, 0.717) is 15.4 Å². The highest BCUT2D eigenvalue weighted by atomic mass is 79.9. The molecule has 1 N–H and O–H groups in total. The largest absolute Gasteiger partial charge is 0.504 e. The van der Waals surface area contributed by atoms with Crippen molar-refractivity contribution in [3.63, 3.8) is 0 Å². The second kappa shape index (κ2) is 9.55. The highest BCUT2D eigenvalue weighted by Crippen LogP contribution is 2.34. The van der Waals surface area contributed by atoms with E-state index >= 15 is 0 Å². The van der Waals surface area contributed by atoms with Gasteiger partial charge in [0.2, 0.25) is 0 Å². The molecule has 152 valence electrons. The van der Waals surface area contributed by atoms with E-state index in [1.54, 1.807) is 19.1 Å². The Balaban J connectivity index is 1.93. The summed E-state index contributed by atoms with van der Waals surface area (Å²) in [6.45, 7) is 3.96. The summed E-state index contributed by atoms with van der Waals surface area (Å²) in [4.78, 5) is 28.4. The minimum Gasteiger partial charge on any atom is -0.504 e. The summed E-state index contributed by atoms with van der Waals surface area (Å²) in [5, 5.41) is 11.1. The second-order valence-corrected chi connectivity index (χ2v) is 7.44. The van der Waals surface area contributed by atoms with Crippen molar-refractivity contribution in [2.24, 2.45) is 0 Å². The van der Waals surface area contributed by atoms with E-state index in [1.807, 2.05) is 37.3 Å². The molecule has 6 heteroatoms. The van der Waals surface area contributed by atoms with Gasteiger partial charge in [0.15, 0.2) is 11.5 Å². The Hall–Kier alpha value is -3.17. The van der Waals surface area contributed by atoms with E-state index < -0.39 is 11.8 Å². The summed E-state index contributed by atoms with van der Waals surface area (Å²) >= 11 is 3.34. The molecule has 0 aliphatic carbocycles. The molecule has 0 aliphatic heterocycles. The van der Waals surface area contributed by atoms with Crippen LogP contribution < -0.4 is 0 Å². The lowest BCUT2D eigenvalue weighted by atomic mass is 10.1. The number of fused-ring (bicyclic) bond motifs is 1. The smallest absolute Gasteiger partial charge is 0.306 e. The predicted octanol–water partition coefficient (Wildman–Crippen LogP) is 4.94. The molecule has 1 aromatic heterocycles. The molecule has 3 aromatic rings. The fourth-order valence-electron chi connectivity index (χ4n) is 2.91. The van der Waals surface area contributed by atoms with E-state index in [1.165, 1.54) is 0 Å². The SMILES string of the molecule is CCOC(=O)CCC(=O)c1nc2cc(C#Cc3ccccc3C)ccc2c(Br)c1O. The standard InChI is InChI=1S/C24H20BrNO4/c1-3-30-21(28)13-12-20(27)23-24(29)22(25)18-11-9-16(14-19(18)26-23)8-10-17-7-5-4-6-15(17)2/h4-7,9,11,14,29H,3,12-13H2,1-2H3. The second-order valence-electron chi connectivity index (χ2n) is 6.65. The number of carbonyl (C=O) groups is 2. The number of aryl methyl sites for hydroxylation is 1. The third-order valence-corrected chi connectivity index (χ3v) is 5.31. The van der Waals surface area contributed by atoms with Crippen molar-refractivity contribution in [2.45, 2.75) is 26.7 Å². The van der Waals surface area contributed by atoms with Crippen LogP contribution in [-0.2, 0) is 9.53 Å². The number of nitrogens with zero attached hydrogens (tertiary/aromatic N) is 1.